The smallest absolute Gasteiger partial charge is 0.303 e. The van der Waals surface area contributed by atoms with Crippen molar-refractivity contribution in [2.24, 2.45) is 5.92 Å². The number of amides is 2. The fourth-order valence-electron chi connectivity index (χ4n) is 7.14. The van der Waals surface area contributed by atoms with Gasteiger partial charge in [0.05, 0.1) is 32.8 Å². The van der Waals surface area contributed by atoms with E-state index in [1.807, 2.05) is 30.3 Å². The quantitative estimate of drug-likeness (QED) is 0.136. The van der Waals surface area contributed by atoms with Gasteiger partial charge in [0.25, 0.3) is 0 Å². The van der Waals surface area contributed by atoms with Crippen LogP contribution in [0.4, 0.5) is 0 Å². The topological polar surface area (TPSA) is 142 Å². The maximum Gasteiger partial charge on any atom is 0.303 e. The van der Waals surface area contributed by atoms with E-state index in [1.54, 1.807) is 63.4 Å². The number of methoxy groups -OCH3 is 3. The molecule has 0 radical (unpaired) electrons. The van der Waals surface area contributed by atoms with Crippen molar-refractivity contribution in [2.45, 2.75) is 56.8 Å². The number of hydrogen-bond donors (Lipinski definition) is 3. The summed E-state index contributed by atoms with van der Waals surface area (Å²) in [5, 5.41) is 19.2. The Morgan fingerprint density at radius 1 is 0.878 bits per heavy atom. The van der Waals surface area contributed by atoms with Crippen LogP contribution in [-0.4, -0.2) is 63.4 Å². The zero-order valence-corrected chi connectivity index (χ0v) is 28.7. The molecule has 1 fully saturated rings. The molecule has 2 aliphatic rings. The molecule has 2 amide bonds. The number of benzene rings is 3. The molecule has 1 aliphatic heterocycles. The number of fused-ring (bicyclic) bond motifs is 4. The summed E-state index contributed by atoms with van der Waals surface area (Å²) in [6.45, 7) is 5.52. The van der Waals surface area contributed by atoms with Crippen LogP contribution in [0.1, 0.15) is 56.2 Å². The summed E-state index contributed by atoms with van der Waals surface area (Å²) in [6, 6.07) is 19.6. The summed E-state index contributed by atoms with van der Waals surface area (Å²) in [5.74, 6) is -1.96. The third kappa shape index (κ3) is 6.30. The fourth-order valence-corrected chi connectivity index (χ4v) is 7.14. The Labute approximate surface area is 286 Å². The highest BCUT2D eigenvalue weighted by atomic mass is 16.6. The second-order valence-electron chi connectivity index (χ2n) is 12.2. The summed E-state index contributed by atoms with van der Waals surface area (Å²) in [7, 11) is 4.50. The maximum absolute atomic E-state index is 14.7. The number of carbonyl (C=O) groups is 3. The molecule has 260 valence electrons. The van der Waals surface area contributed by atoms with Gasteiger partial charge in [-0.05, 0) is 44.4 Å². The van der Waals surface area contributed by atoms with Crippen molar-refractivity contribution in [3.63, 3.8) is 0 Å². The van der Waals surface area contributed by atoms with Crippen molar-refractivity contribution in [2.75, 3.05) is 34.4 Å². The highest BCUT2D eigenvalue weighted by Crippen LogP contribution is 2.69. The predicted octanol–water partition coefficient (Wildman–Crippen LogP) is 4.51. The average molecular weight is 673 g/mol. The second kappa shape index (κ2) is 14.6. The molecule has 1 saturated carbocycles. The number of rotatable bonds is 13. The standard InChI is InChI=1S/C38H44N2O9/c1-7-23(2)34(42)39-19-11-12-20-40-35(43)33-31(25-13-9-8-10-14-25)38(26-15-17-27(45-4)18-16-26)36(48-24(3)41)37(33,44)32-29(47-6)21-28(46-5)22-30(32)49-38/h7-10,13-18,21-22,31,33,36,44H,11-12,19-20H2,1-6H3,(H,39,42)(H,40,43). The van der Waals surface area contributed by atoms with Crippen molar-refractivity contribution in [1.29, 1.82) is 0 Å². The van der Waals surface area contributed by atoms with Gasteiger partial charge in [-0.1, -0.05) is 48.5 Å². The molecule has 11 heteroatoms. The van der Waals surface area contributed by atoms with Crippen molar-refractivity contribution in [1.82, 2.24) is 10.6 Å². The maximum atomic E-state index is 14.7. The average Bonchev–Trinajstić information content (AvgIpc) is 3.26. The summed E-state index contributed by atoms with van der Waals surface area (Å²) >= 11 is 0. The first-order valence-corrected chi connectivity index (χ1v) is 16.3. The molecule has 5 atom stereocenters. The van der Waals surface area contributed by atoms with Gasteiger partial charge in [-0.15, -0.1) is 0 Å². The van der Waals surface area contributed by atoms with E-state index in [0.29, 0.717) is 47.6 Å². The molecule has 1 aliphatic carbocycles. The molecule has 11 nitrogen and oxygen atoms in total. The van der Waals surface area contributed by atoms with Crippen LogP contribution in [0.15, 0.2) is 78.4 Å². The molecule has 3 aromatic carbocycles. The Morgan fingerprint density at radius 2 is 1.53 bits per heavy atom. The van der Waals surface area contributed by atoms with Gasteiger partial charge in [-0.2, -0.15) is 0 Å². The Bertz CT molecular complexity index is 1710. The molecule has 5 rings (SSSR count). The Hall–Kier alpha value is -5.03. The molecule has 1 heterocycles. The van der Waals surface area contributed by atoms with E-state index >= 15 is 0 Å². The minimum Gasteiger partial charge on any atom is -0.497 e. The first-order valence-electron chi connectivity index (χ1n) is 16.3. The zero-order valence-electron chi connectivity index (χ0n) is 28.7. The van der Waals surface area contributed by atoms with Crippen LogP contribution in [0.5, 0.6) is 23.0 Å². The van der Waals surface area contributed by atoms with Crippen LogP contribution < -0.4 is 29.6 Å². The van der Waals surface area contributed by atoms with Crippen LogP contribution in [0.25, 0.3) is 0 Å². The number of esters is 1. The van der Waals surface area contributed by atoms with E-state index < -0.39 is 41.0 Å². The first-order chi connectivity index (χ1) is 23.6. The fraction of sp³-hybridized carbons (Fsp3) is 0.395. The third-order valence-corrected chi connectivity index (χ3v) is 9.48. The van der Waals surface area contributed by atoms with Gasteiger partial charge in [0.15, 0.2) is 17.3 Å². The monoisotopic (exact) mass is 672 g/mol. The summed E-state index contributed by atoms with van der Waals surface area (Å²) in [6.07, 6.45) is 1.53. The van der Waals surface area contributed by atoms with Crippen LogP contribution in [-0.2, 0) is 30.3 Å². The minimum atomic E-state index is -2.14. The van der Waals surface area contributed by atoms with Gasteiger partial charge < -0.3 is 39.4 Å². The van der Waals surface area contributed by atoms with Crippen molar-refractivity contribution >= 4 is 17.8 Å². The predicted molar refractivity (Wildman–Crippen MR) is 182 cm³/mol. The number of allylic oxidation sites excluding steroid dienone is 1. The van der Waals surface area contributed by atoms with Gasteiger partial charge in [-0.25, -0.2) is 0 Å². The molecule has 3 aromatic rings. The van der Waals surface area contributed by atoms with E-state index in [0.717, 1.165) is 0 Å². The molecular formula is C38H44N2O9. The lowest BCUT2D eigenvalue weighted by molar-refractivity contribution is -0.195. The zero-order chi connectivity index (χ0) is 35.3. The molecule has 5 unspecified atom stereocenters. The Balaban J connectivity index is 1.66. The van der Waals surface area contributed by atoms with Crippen LogP contribution in [0.3, 0.4) is 0 Å². The lowest BCUT2D eigenvalue weighted by Gasteiger charge is -2.46. The molecule has 0 aromatic heterocycles. The number of aliphatic hydroxyl groups is 1. The van der Waals surface area contributed by atoms with Gasteiger partial charge >= 0.3 is 5.97 Å². The van der Waals surface area contributed by atoms with Crippen LogP contribution in [0.2, 0.25) is 0 Å². The normalized spacial score (nSPS) is 23.8. The molecule has 49 heavy (non-hydrogen) atoms. The number of ether oxygens (including phenoxy) is 5. The van der Waals surface area contributed by atoms with Crippen LogP contribution in [0, 0.1) is 5.92 Å². The molecule has 3 N–H and O–H groups in total. The number of hydrogen-bond acceptors (Lipinski definition) is 9. The van der Waals surface area contributed by atoms with Gasteiger partial charge in [0.1, 0.15) is 23.0 Å². The van der Waals surface area contributed by atoms with Gasteiger partial charge in [0, 0.05) is 49.2 Å². The van der Waals surface area contributed by atoms with Crippen molar-refractivity contribution in [3.8, 4) is 23.0 Å². The van der Waals surface area contributed by atoms with E-state index in [9.17, 15) is 19.5 Å². The lowest BCUT2D eigenvalue weighted by Crippen LogP contribution is -2.57. The SMILES string of the molecule is CC=C(C)C(=O)NCCCCNC(=O)C1C(c2ccccc2)C2(c3ccc(OC)cc3)Oc3cc(OC)cc(OC)c3C1(O)C2OC(C)=O. The van der Waals surface area contributed by atoms with E-state index in [-0.39, 0.29) is 29.5 Å². The largest absolute Gasteiger partial charge is 0.497 e. The highest BCUT2D eigenvalue weighted by molar-refractivity contribution is 5.92. The van der Waals surface area contributed by atoms with Crippen LogP contribution >= 0.6 is 0 Å². The van der Waals surface area contributed by atoms with E-state index in [4.69, 9.17) is 23.7 Å². The van der Waals surface area contributed by atoms with Crippen molar-refractivity contribution in [3.05, 3.63) is 95.1 Å². The summed E-state index contributed by atoms with van der Waals surface area (Å²) in [4.78, 5) is 39.7. The van der Waals surface area contributed by atoms with E-state index in [1.165, 1.54) is 21.1 Å². The lowest BCUT2D eigenvalue weighted by atomic mass is 9.75. The first kappa shape index (κ1) is 35.3. The van der Waals surface area contributed by atoms with Crippen molar-refractivity contribution < 1.29 is 43.2 Å². The molecule has 0 saturated heterocycles. The van der Waals surface area contributed by atoms with Gasteiger partial charge in [-0.3, -0.25) is 14.4 Å². The second-order valence-corrected chi connectivity index (χ2v) is 12.2. The summed E-state index contributed by atoms with van der Waals surface area (Å²) in [5.41, 5.74) is -1.69. The molecule has 0 spiro atoms. The summed E-state index contributed by atoms with van der Waals surface area (Å²) < 4.78 is 29.9. The number of nitrogens with one attached hydrogen (secondary N) is 2. The Kier molecular flexibility index (Phi) is 10.5. The minimum absolute atomic E-state index is 0.137. The Morgan fingerprint density at radius 3 is 2.12 bits per heavy atom. The van der Waals surface area contributed by atoms with Gasteiger partial charge in [0.2, 0.25) is 11.8 Å². The highest BCUT2D eigenvalue weighted by Gasteiger charge is 2.78. The molecule has 2 bridgehead atoms. The number of unbranched alkanes of at least 4 members (excludes halogenated alkanes) is 1. The number of carbonyl (C=O) groups excluding carboxylic acids is 3. The van der Waals surface area contributed by atoms with E-state index in [2.05, 4.69) is 10.6 Å². The third-order valence-electron chi connectivity index (χ3n) is 9.48. The molecular weight excluding hydrogens is 628 g/mol.